The van der Waals surface area contributed by atoms with Crippen LogP contribution in [-0.4, -0.2) is 33.1 Å². The number of hydrogen-bond donors (Lipinski definition) is 1. The Morgan fingerprint density at radius 1 is 0.943 bits per heavy atom. The number of benzene rings is 3. The number of hydrogen-bond acceptors (Lipinski definition) is 6. The summed E-state index contributed by atoms with van der Waals surface area (Å²) >= 11 is 0. The first-order chi connectivity index (χ1) is 16.7. The lowest BCUT2D eigenvalue weighted by molar-refractivity contribution is -0.116. The summed E-state index contributed by atoms with van der Waals surface area (Å²) in [6, 6.07) is 17.8. The zero-order valence-corrected chi connectivity index (χ0v) is 20.3. The molecule has 0 aliphatic heterocycles. The number of methoxy groups -OCH3 is 2. The molecule has 0 bridgehead atoms. The summed E-state index contributed by atoms with van der Waals surface area (Å²) in [5, 5.41) is 3.00. The molecule has 0 saturated carbocycles. The summed E-state index contributed by atoms with van der Waals surface area (Å²) in [4.78, 5) is 25.8. The molecular formula is C26H24N2O6S. The quantitative estimate of drug-likeness (QED) is 0.421. The van der Waals surface area contributed by atoms with Crippen LogP contribution in [-0.2, 0) is 21.2 Å². The van der Waals surface area contributed by atoms with E-state index in [0.29, 0.717) is 22.7 Å². The topological polar surface area (TPSA) is 104 Å². The number of amides is 1. The summed E-state index contributed by atoms with van der Waals surface area (Å²) in [7, 11) is -1.10. The van der Waals surface area contributed by atoms with Crippen LogP contribution >= 0.6 is 0 Å². The molecule has 9 heteroatoms. The van der Waals surface area contributed by atoms with Gasteiger partial charge in [0.25, 0.3) is 0 Å². The average Bonchev–Trinajstić information content (AvgIpc) is 2.86. The molecule has 1 N–H and O–H groups in total. The minimum atomic E-state index is -4.10. The molecule has 0 radical (unpaired) electrons. The van der Waals surface area contributed by atoms with Crippen LogP contribution in [0.2, 0.25) is 0 Å². The van der Waals surface area contributed by atoms with Gasteiger partial charge < -0.3 is 19.4 Å². The van der Waals surface area contributed by atoms with Crippen molar-refractivity contribution in [2.75, 3.05) is 19.5 Å². The van der Waals surface area contributed by atoms with Crippen molar-refractivity contribution >= 4 is 32.3 Å². The van der Waals surface area contributed by atoms with Crippen LogP contribution in [0, 0.1) is 6.92 Å². The summed E-state index contributed by atoms with van der Waals surface area (Å²) in [5.74, 6) is 0.555. The van der Waals surface area contributed by atoms with E-state index in [1.807, 2.05) is 6.92 Å². The molecule has 4 rings (SSSR count). The molecule has 0 saturated heterocycles. The first-order valence-electron chi connectivity index (χ1n) is 10.7. The van der Waals surface area contributed by atoms with Gasteiger partial charge in [-0.05, 0) is 43.3 Å². The predicted molar refractivity (Wildman–Crippen MR) is 133 cm³/mol. The van der Waals surface area contributed by atoms with Crippen molar-refractivity contribution in [3.05, 3.63) is 88.7 Å². The molecule has 1 aromatic heterocycles. The number of sulfone groups is 1. The van der Waals surface area contributed by atoms with E-state index in [0.717, 1.165) is 5.56 Å². The molecule has 0 fully saturated rings. The zero-order valence-electron chi connectivity index (χ0n) is 19.4. The first-order valence-corrected chi connectivity index (χ1v) is 12.2. The third kappa shape index (κ3) is 4.76. The molecule has 0 aliphatic rings. The zero-order chi connectivity index (χ0) is 25.2. The van der Waals surface area contributed by atoms with Crippen LogP contribution in [0.25, 0.3) is 10.9 Å². The van der Waals surface area contributed by atoms with Crippen molar-refractivity contribution in [3.63, 3.8) is 0 Å². The SMILES string of the molecule is COc1ccc(NC(=O)Cn2cc(S(=O)(=O)c3ccccc3)c(=O)c3cc(C)ccc32)cc1OC. The molecule has 0 spiro atoms. The van der Waals surface area contributed by atoms with Gasteiger partial charge in [-0.2, -0.15) is 0 Å². The van der Waals surface area contributed by atoms with E-state index in [1.54, 1.807) is 54.6 Å². The Kier molecular flexibility index (Phi) is 6.61. The average molecular weight is 493 g/mol. The van der Waals surface area contributed by atoms with Crippen LogP contribution < -0.4 is 20.2 Å². The minimum absolute atomic E-state index is 0.00503. The number of ether oxygens (including phenoxy) is 2. The second-order valence-electron chi connectivity index (χ2n) is 7.91. The minimum Gasteiger partial charge on any atom is -0.493 e. The Morgan fingerprint density at radius 2 is 1.66 bits per heavy atom. The van der Waals surface area contributed by atoms with Crippen LogP contribution in [0.4, 0.5) is 5.69 Å². The van der Waals surface area contributed by atoms with E-state index in [4.69, 9.17) is 9.47 Å². The number of rotatable bonds is 7. The number of pyridine rings is 1. The van der Waals surface area contributed by atoms with E-state index in [9.17, 15) is 18.0 Å². The first kappa shape index (κ1) is 24.0. The third-order valence-corrected chi connectivity index (χ3v) is 7.29. The van der Waals surface area contributed by atoms with Crippen molar-refractivity contribution < 1.29 is 22.7 Å². The summed E-state index contributed by atoms with van der Waals surface area (Å²) in [6.45, 7) is 1.59. The Hall–Kier alpha value is -4.11. The lowest BCUT2D eigenvalue weighted by atomic mass is 10.1. The van der Waals surface area contributed by atoms with Crippen molar-refractivity contribution in [1.29, 1.82) is 0 Å². The number of carbonyl (C=O) groups excluding carboxylic acids is 1. The highest BCUT2D eigenvalue weighted by Crippen LogP contribution is 2.30. The van der Waals surface area contributed by atoms with Gasteiger partial charge in [0, 0.05) is 23.3 Å². The monoisotopic (exact) mass is 492 g/mol. The van der Waals surface area contributed by atoms with Gasteiger partial charge in [0.1, 0.15) is 11.4 Å². The number of nitrogens with one attached hydrogen (secondary N) is 1. The van der Waals surface area contributed by atoms with Gasteiger partial charge in [0.2, 0.25) is 21.2 Å². The summed E-state index contributed by atoms with van der Waals surface area (Å²) in [5.41, 5.74) is 1.12. The fourth-order valence-corrected chi connectivity index (χ4v) is 5.19. The number of carbonyl (C=O) groups is 1. The molecule has 0 aliphatic carbocycles. The molecular weight excluding hydrogens is 468 g/mol. The van der Waals surface area contributed by atoms with Gasteiger partial charge >= 0.3 is 0 Å². The fourth-order valence-electron chi connectivity index (χ4n) is 3.80. The second-order valence-corrected chi connectivity index (χ2v) is 9.82. The number of anilines is 1. The molecule has 0 unspecified atom stereocenters. The van der Waals surface area contributed by atoms with Crippen LogP contribution in [0.15, 0.2) is 87.5 Å². The maximum Gasteiger partial charge on any atom is 0.244 e. The number of nitrogens with zero attached hydrogens (tertiary/aromatic N) is 1. The van der Waals surface area contributed by atoms with Crippen LogP contribution in [0.1, 0.15) is 5.56 Å². The van der Waals surface area contributed by atoms with Gasteiger partial charge in [-0.25, -0.2) is 8.42 Å². The summed E-state index contributed by atoms with van der Waals surface area (Å²) < 4.78 is 38.6. The van der Waals surface area contributed by atoms with E-state index in [2.05, 4.69) is 5.32 Å². The standard InChI is InChI=1S/C26H24N2O6S/c1-17-9-11-21-20(13-17)26(30)24(35(31,32)19-7-5-4-6-8-19)15-28(21)16-25(29)27-18-10-12-22(33-2)23(14-18)34-3/h4-15H,16H2,1-3H3,(H,27,29). The Labute approximate surface area is 202 Å². The van der Waals surface area contributed by atoms with Gasteiger partial charge in [-0.3, -0.25) is 9.59 Å². The fraction of sp³-hybridized carbons (Fsp3) is 0.154. The van der Waals surface area contributed by atoms with Crippen molar-refractivity contribution in [2.24, 2.45) is 0 Å². The van der Waals surface area contributed by atoms with Crippen molar-refractivity contribution in [1.82, 2.24) is 4.57 Å². The predicted octanol–water partition coefficient (Wildman–Crippen LogP) is 3.80. The maximum atomic E-state index is 13.3. The maximum absolute atomic E-state index is 13.3. The van der Waals surface area contributed by atoms with Gasteiger partial charge in [-0.15, -0.1) is 0 Å². The smallest absolute Gasteiger partial charge is 0.244 e. The largest absolute Gasteiger partial charge is 0.493 e. The molecule has 4 aromatic rings. The Bertz CT molecular complexity index is 1580. The van der Waals surface area contributed by atoms with Crippen molar-refractivity contribution in [3.8, 4) is 11.5 Å². The lowest BCUT2D eigenvalue weighted by Gasteiger charge is -2.15. The molecule has 3 aromatic carbocycles. The lowest BCUT2D eigenvalue weighted by Crippen LogP contribution is -2.24. The molecule has 35 heavy (non-hydrogen) atoms. The number of aromatic nitrogens is 1. The molecule has 180 valence electrons. The highest BCUT2D eigenvalue weighted by atomic mass is 32.2. The Morgan fingerprint density at radius 3 is 2.34 bits per heavy atom. The number of aryl methyl sites for hydroxylation is 1. The molecule has 0 atom stereocenters. The van der Waals surface area contributed by atoms with Crippen LogP contribution in [0.3, 0.4) is 0 Å². The van der Waals surface area contributed by atoms with E-state index in [1.165, 1.54) is 37.1 Å². The third-order valence-electron chi connectivity index (χ3n) is 5.53. The van der Waals surface area contributed by atoms with Gasteiger partial charge in [-0.1, -0.05) is 29.8 Å². The van der Waals surface area contributed by atoms with Crippen LogP contribution in [0.5, 0.6) is 11.5 Å². The highest BCUT2D eigenvalue weighted by molar-refractivity contribution is 7.91. The van der Waals surface area contributed by atoms with Crippen molar-refractivity contribution in [2.45, 2.75) is 23.3 Å². The summed E-state index contributed by atoms with van der Waals surface area (Å²) in [6.07, 6.45) is 1.23. The molecule has 1 amide bonds. The number of fused-ring (bicyclic) bond motifs is 1. The van der Waals surface area contributed by atoms with Gasteiger partial charge in [0.05, 0.1) is 24.6 Å². The molecule has 8 nitrogen and oxygen atoms in total. The van der Waals surface area contributed by atoms with E-state index >= 15 is 0 Å². The molecule has 1 heterocycles. The normalized spacial score (nSPS) is 11.3. The van der Waals surface area contributed by atoms with E-state index in [-0.39, 0.29) is 21.7 Å². The van der Waals surface area contributed by atoms with Gasteiger partial charge in [0.15, 0.2) is 11.5 Å². The van der Waals surface area contributed by atoms with E-state index < -0.39 is 21.2 Å². The Balaban J connectivity index is 1.77. The highest BCUT2D eigenvalue weighted by Gasteiger charge is 2.24. The second kappa shape index (κ2) is 9.63.